The van der Waals surface area contributed by atoms with Gasteiger partial charge < -0.3 is 0 Å². The molecule has 0 rings (SSSR count). The molecule has 3 heteroatoms. The van der Waals surface area contributed by atoms with Gasteiger partial charge in [0.05, 0.1) is 0 Å². The van der Waals surface area contributed by atoms with E-state index in [1.807, 2.05) is 0 Å². The van der Waals surface area contributed by atoms with Crippen LogP contribution in [-0.2, 0) is 9.53 Å². The van der Waals surface area contributed by atoms with Crippen LogP contribution in [0.4, 0.5) is 0 Å². The third-order valence-corrected chi connectivity index (χ3v) is 0.962. The monoisotopic (exact) mass is 167 g/mol. The van der Waals surface area contributed by atoms with E-state index in [0.717, 1.165) is 5.32 Å². The predicted octanol–water partition coefficient (Wildman–Crippen LogP) is 0.136. The van der Waals surface area contributed by atoms with Crippen molar-refractivity contribution in [2.75, 3.05) is 7.11 Å². The second kappa shape index (κ2) is 4.16. The second-order valence-corrected chi connectivity index (χ2v) is 1.89. The van der Waals surface area contributed by atoms with Gasteiger partial charge in [-0.2, -0.15) is 0 Å². The molecule has 0 aromatic carbocycles. The molecule has 7 heavy (non-hydrogen) atoms. The number of carbonyl (C=O) groups is 1. The molecule has 0 aromatic rings. The van der Waals surface area contributed by atoms with Gasteiger partial charge in [-0.25, -0.2) is 0 Å². The van der Waals surface area contributed by atoms with Crippen molar-refractivity contribution in [1.82, 2.24) is 0 Å². The van der Waals surface area contributed by atoms with Crippen molar-refractivity contribution in [2.45, 2.75) is 11.7 Å². The molecule has 0 saturated carbocycles. The van der Waals surface area contributed by atoms with Crippen LogP contribution in [-0.4, -0.2) is 29.1 Å². The van der Waals surface area contributed by atoms with E-state index in [2.05, 4.69) is 20.7 Å². The van der Waals surface area contributed by atoms with Crippen LogP contribution >= 0.6 is 0 Å². The molecule has 0 amide bonds. The summed E-state index contributed by atoms with van der Waals surface area (Å²) in [7, 11) is 1.39. The van der Waals surface area contributed by atoms with Gasteiger partial charge in [-0.3, -0.25) is 0 Å². The Balaban J connectivity index is 3.00. The first kappa shape index (κ1) is 6.99. The maximum atomic E-state index is 10.2. The average molecular weight is 166 g/mol. The molecular weight excluding hydrogens is 159 g/mol. The first-order valence-electron chi connectivity index (χ1n) is 1.96. The fourth-order valence-corrected chi connectivity index (χ4v) is 0.535. The van der Waals surface area contributed by atoms with Crippen molar-refractivity contribution < 1.29 is 9.53 Å². The Kier molecular flexibility index (Phi) is 4.15. The molecule has 1 radical (unpaired) electrons. The predicted molar refractivity (Wildman–Crippen MR) is 27.2 cm³/mol. The van der Waals surface area contributed by atoms with E-state index in [0.29, 0.717) is 6.42 Å². The van der Waals surface area contributed by atoms with Gasteiger partial charge >= 0.3 is 50.4 Å². The van der Waals surface area contributed by atoms with Crippen LogP contribution in [0.3, 0.4) is 0 Å². The fraction of sp³-hybridized carbons (Fsp3) is 0.750. The van der Waals surface area contributed by atoms with Gasteiger partial charge in [0.2, 0.25) is 0 Å². The third kappa shape index (κ3) is 3.83. The number of carbonyl (C=O) groups excluding carboxylic acids is 1. The molecular formula is C4H7O2Se. The van der Waals surface area contributed by atoms with Crippen molar-refractivity contribution in [3.8, 4) is 0 Å². The number of ether oxygens (including phenoxy) is 1. The number of rotatable bonds is 2. The zero-order valence-electron chi connectivity index (χ0n) is 4.14. The Morgan fingerprint density at radius 2 is 2.43 bits per heavy atom. The summed E-state index contributed by atoms with van der Waals surface area (Å²) in [6, 6.07) is 0. The van der Waals surface area contributed by atoms with Gasteiger partial charge in [-0.05, 0) is 0 Å². The average Bonchev–Trinajstić information content (AvgIpc) is 1.68. The first-order chi connectivity index (χ1) is 3.31. The number of methoxy groups -OCH3 is 1. The summed E-state index contributed by atoms with van der Waals surface area (Å²) in [5, 5.41) is 0.743. The minimum atomic E-state index is -0.154. The molecule has 0 spiro atoms. The summed E-state index contributed by atoms with van der Waals surface area (Å²) in [5.41, 5.74) is 0. The topological polar surface area (TPSA) is 26.3 Å². The van der Waals surface area contributed by atoms with Crippen LogP contribution in [0.2, 0.25) is 5.32 Å². The Labute approximate surface area is 51.0 Å². The Morgan fingerprint density at radius 3 is 2.57 bits per heavy atom. The third-order valence-electron chi connectivity index (χ3n) is 0.534. The van der Waals surface area contributed by atoms with Crippen LogP contribution in [0.1, 0.15) is 6.42 Å². The van der Waals surface area contributed by atoms with Gasteiger partial charge in [-0.15, -0.1) is 0 Å². The second-order valence-electron chi connectivity index (χ2n) is 1.03. The number of hydrogen-bond acceptors (Lipinski definition) is 2. The molecule has 0 aliphatic rings. The van der Waals surface area contributed by atoms with Crippen LogP contribution in [0.25, 0.3) is 0 Å². The van der Waals surface area contributed by atoms with Gasteiger partial charge in [0, 0.05) is 0 Å². The first-order valence-corrected chi connectivity index (χ1v) is 3.17. The normalized spacial score (nSPS) is 8.29. The van der Waals surface area contributed by atoms with E-state index in [1.54, 1.807) is 0 Å². The molecule has 0 atom stereocenters. The van der Waals surface area contributed by atoms with E-state index in [-0.39, 0.29) is 5.97 Å². The maximum absolute atomic E-state index is 10.2. The minimum absolute atomic E-state index is 0.154. The Morgan fingerprint density at radius 1 is 1.86 bits per heavy atom. The molecule has 0 bridgehead atoms. The van der Waals surface area contributed by atoms with Crippen molar-refractivity contribution >= 4 is 22.0 Å². The summed E-state index contributed by atoms with van der Waals surface area (Å²) in [4.78, 5) is 10.2. The summed E-state index contributed by atoms with van der Waals surface area (Å²) in [5.74, 6) is -0.154. The fourth-order valence-electron chi connectivity index (χ4n) is 0.185. The zero-order chi connectivity index (χ0) is 5.70. The quantitative estimate of drug-likeness (QED) is 0.430. The molecule has 0 aromatic heterocycles. The molecule has 41 valence electrons. The molecule has 0 saturated heterocycles. The summed E-state index contributed by atoms with van der Waals surface area (Å²) in [6.45, 7) is 0. The van der Waals surface area contributed by atoms with Crippen molar-refractivity contribution in [3.63, 3.8) is 0 Å². The number of esters is 1. The molecule has 0 heterocycles. The van der Waals surface area contributed by atoms with Gasteiger partial charge in [0.15, 0.2) is 0 Å². The van der Waals surface area contributed by atoms with E-state index < -0.39 is 0 Å². The molecule has 0 aliphatic carbocycles. The summed E-state index contributed by atoms with van der Waals surface area (Å²) < 4.78 is 4.33. The van der Waals surface area contributed by atoms with Crippen LogP contribution in [0, 0.1) is 0 Å². The van der Waals surface area contributed by atoms with Crippen molar-refractivity contribution in [1.29, 1.82) is 0 Å². The van der Waals surface area contributed by atoms with Crippen LogP contribution < -0.4 is 0 Å². The van der Waals surface area contributed by atoms with Crippen molar-refractivity contribution in [2.24, 2.45) is 0 Å². The summed E-state index contributed by atoms with van der Waals surface area (Å²) in [6.07, 6.45) is 0.483. The molecule has 0 N–H and O–H groups in total. The standard InChI is InChI=1S/C4H7O2Se/c1-6-4(5)2-3-7/h2-3H2,1H3. The SMILES string of the molecule is COC(=O)CC[Se]. The Hall–Kier alpha value is -0.0105. The molecule has 0 fully saturated rings. The van der Waals surface area contributed by atoms with Gasteiger partial charge in [0.25, 0.3) is 0 Å². The van der Waals surface area contributed by atoms with E-state index in [4.69, 9.17) is 0 Å². The Bertz CT molecular complexity index is 62.7. The number of hydrogen-bond donors (Lipinski definition) is 0. The summed E-state index contributed by atoms with van der Waals surface area (Å²) >= 11 is 2.71. The van der Waals surface area contributed by atoms with Gasteiger partial charge in [0.1, 0.15) is 0 Å². The molecule has 0 aliphatic heterocycles. The molecule has 2 nitrogen and oxygen atoms in total. The van der Waals surface area contributed by atoms with E-state index in [1.165, 1.54) is 7.11 Å². The van der Waals surface area contributed by atoms with Gasteiger partial charge in [-0.1, -0.05) is 0 Å². The zero-order valence-corrected chi connectivity index (χ0v) is 5.85. The van der Waals surface area contributed by atoms with E-state index >= 15 is 0 Å². The van der Waals surface area contributed by atoms with Crippen molar-refractivity contribution in [3.05, 3.63) is 0 Å². The van der Waals surface area contributed by atoms with Crippen LogP contribution in [0.5, 0.6) is 0 Å². The van der Waals surface area contributed by atoms with E-state index in [9.17, 15) is 4.79 Å². The molecule has 0 unspecified atom stereocenters. The van der Waals surface area contributed by atoms with Crippen LogP contribution in [0.15, 0.2) is 0 Å².